The number of nitriles is 1. The Bertz CT molecular complexity index is 228. The standard InChI is InChI=1S/C7H5N2/c8-5-6-1-3-7(9)4-2-6/h1-4,9H/q+1. The van der Waals surface area contributed by atoms with Crippen molar-refractivity contribution < 1.29 is 0 Å². The summed E-state index contributed by atoms with van der Waals surface area (Å²) in [6.07, 6.45) is 6.45. The minimum Gasteiger partial charge on any atom is -0.275 e. The van der Waals surface area contributed by atoms with Crippen LogP contribution in [0, 0.1) is 23.2 Å². The predicted octanol–water partition coefficient (Wildman–Crippen LogP) is 1.23. The molecule has 1 aliphatic rings. The maximum Gasteiger partial charge on any atom is 0.169 e. The zero-order chi connectivity index (χ0) is 6.69. The maximum atomic E-state index is 8.32. The predicted molar refractivity (Wildman–Crippen MR) is 34.9 cm³/mol. The van der Waals surface area contributed by atoms with E-state index in [1.165, 1.54) is 0 Å². The van der Waals surface area contributed by atoms with Crippen LogP contribution in [0.3, 0.4) is 0 Å². The SMILES string of the molecule is N#CC1=C[CH+]C(=N)C=C1. The van der Waals surface area contributed by atoms with Crippen molar-refractivity contribution in [2.24, 2.45) is 0 Å². The second kappa shape index (κ2) is 2.19. The summed E-state index contributed by atoms with van der Waals surface area (Å²) in [5, 5.41) is 15.4. The normalized spacial score (nSPS) is 15.9. The van der Waals surface area contributed by atoms with Gasteiger partial charge in [0.1, 0.15) is 0 Å². The molecule has 0 fully saturated rings. The van der Waals surface area contributed by atoms with Crippen LogP contribution < -0.4 is 0 Å². The summed E-state index contributed by atoms with van der Waals surface area (Å²) in [7, 11) is 0. The molecular formula is C7H5N2+. The molecule has 2 nitrogen and oxygen atoms in total. The number of nitrogens with one attached hydrogen (secondary N) is 1. The molecular weight excluding hydrogens is 112 g/mol. The van der Waals surface area contributed by atoms with Gasteiger partial charge in [0.05, 0.1) is 24.6 Å². The van der Waals surface area contributed by atoms with Gasteiger partial charge in [-0.3, -0.25) is 5.41 Å². The van der Waals surface area contributed by atoms with Crippen LogP contribution in [0.4, 0.5) is 0 Å². The third-order valence-corrected chi connectivity index (χ3v) is 1.01. The summed E-state index contributed by atoms with van der Waals surface area (Å²) in [5.74, 6) is 0. The van der Waals surface area contributed by atoms with Crippen LogP contribution in [0.15, 0.2) is 23.8 Å². The lowest BCUT2D eigenvalue weighted by molar-refractivity contribution is 1.45. The highest BCUT2D eigenvalue weighted by Crippen LogP contribution is 2.03. The summed E-state index contributed by atoms with van der Waals surface area (Å²) in [5.41, 5.74) is 1.04. The largest absolute Gasteiger partial charge is 0.275 e. The van der Waals surface area contributed by atoms with Crippen LogP contribution in [0.2, 0.25) is 0 Å². The molecule has 1 rings (SSSR count). The van der Waals surface area contributed by atoms with Gasteiger partial charge in [-0.1, -0.05) is 0 Å². The number of rotatable bonds is 0. The van der Waals surface area contributed by atoms with E-state index in [1.807, 2.05) is 6.07 Å². The van der Waals surface area contributed by atoms with E-state index in [4.69, 9.17) is 10.7 Å². The molecule has 0 heterocycles. The summed E-state index contributed by atoms with van der Waals surface area (Å²) < 4.78 is 0. The molecule has 0 atom stereocenters. The first-order valence-corrected chi connectivity index (χ1v) is 2.54. The van der Waals surface area contributed by atoms with Crippen LogP contribution in [-0.4, -0.2) is 5.71 Å². The van der Waals surface area contributed by atoms with Crippen LogP contribution in [0.25, 0.3) is 0 Å². The molecule has 0 aromatic rings. The molecule has 9 heavy (non-hydrogen) atoms. The van der Waals surface area contributed by atoms with E-state index >= 15 is 0 Å². The topological polar surface area (TPSA) is 47.6 Å². The Labute approximate surface area is 53.6 Å². The lowest BCUT2D eigenvalue weighted by Gasteiger charge is -1.87. The number of hydrogen-bond donors (Lipinski definition) is 1. The smallest absolute Gasteiger partial charge is 0.169 e. The Morgan fingerprint density at radius 2 is 2.33 bits per heavy atom. The van der Waals surface area contributed by atoms with Crippen LogP contribution in [0.1, 0.15) is 0 Å². The van der Waals surface area contributed by atoms with Crippen LogP contribution in [-0.2, 0) is 0 Å². The van der Waals surface area contributed by atoms with E-state index in [1.54, 1.807) is 24.6 Å². The Morgan fingerprint density at radius 1 is 1.56 bits per heavy atom. The van der Waals surface area contributed by atoms with Crippen molar-refractivity contribution in [1.82, 2.24) is 0 Å². The summed E-state index contributed by atoms with van der Waals surface area (Å²) in [4.78, 5) is 0. The monoisotopic (exact) mass is 117 g/mol. The lowest BCUT2D eigenvalue weighted by Crippen LogP contribution is -1.94. The van der Waals surface area contributed by atoms with Crippen molar-refractivity contribution in [1.29, 1.82) is 10.7 Å². The Morgan fingerprint density at radius 3 is 2.78 bits per heavy atom. The average Bonchev–Trinajstić information content (AvgIpc) is 1.90. The minimum atomic E-state index is 0.439. The van der Waals surface area contributed by atoms with Crippen LogP contribution in [0.5, 0.6) is 0 Å². The third-order valence-electron chi connectivity index (χ3n) is 1.01. The van der Waals surface area contributed by atoms with Gasteiger partial charge in [0.2, 0.25) is 0 Å². The highest BCUT2D eigenvalue weighted by Gasteiger charge is 2.07. The average molecular weight is 117 g/mol. The molecule has 0 radical (unpaired) electrons. The zero-order valence-corrected chi connectivity index (χ0v) is 4.76. The molecule has 0 saturated heterocycles. The van der Waals surface area contributed by atoms with Gasteiger partial charge in [0.25, 0.3) is 0 Å². The number of nitrogens with zero attached hydrogens (tertiary/aromatic N) is 1. The molecule has 2 heteroatoms. The van der Waals surface area contributed by atoms with Crippen molar-refractivity contribution in [3.05, 3.63) is 30.2 Å². The molecule has 0 bridgehead atoms. The number of hydrogen-bond acceptors (Lipinski definition) is 2. The highest BCUT2D eigenvalue weighted by atomic mass is 14.4. The van der Waals surface area contributed by atoms with Gasteiger partial charge in [-0.25, -0.2) is 0 Å². The molecule has 0 saturated carbocycles. The van der Waals surface area contributed by atoms with Gasteiger partial charge in [-0.15, -0.1) is 0 Å². The Hall–Kier alpha value is -1.49. The van der Waals surface area contributed by atoms with Gasteiger partial charge in [-0.2, -0.15) is 5.26 Å². The van der Waals surface area contributed by atoms with Gasteiger partial charge in [0.15, 0.2) is 17.4 Å². The first-order chi connectivity index (χ1) is 4.33. The number of allylic oxidation sites excluding steroid dienone is 4. The molecule has 0 aromatic carbocycles. The Balaban J connectivity index is 2.77. The fourth-order valence-corrected chi connectivity index (χ4v) is 0.545. The Kier molecular flexibility index (Phi) is 1.37. The minimum absolute atomic E-state index is 0.439. The molecule has 1 aliphatic carbocycles. The van der Waals surface area contributed by atoms with Gasteiger partial charge < -0.3 is 0 Å². The lowest BCUT2D eigenvalue weighted by atomic mass is 10.1. The van der Waals surface area contributed by atoms with Crippen molar-refractivity contribution in [3.63, 3.8) is 0 Å². The van der Waals surface area contributed by atoms with Gasteiger partial charge >= 0.3 is 0 Å². The first-order valence-electron chi connectivity index (χ1n) is 2.54. The summed E-state index contributed by atoms with van der Waals surface area (Å²) in [6, 6.07) is 1.97. The van der Waals surface area contributed by atoms with Crippen molar-refractivity contribution in [3.8, 4) is 6.07 Å². The quantitative estimate of drug-likeness (QED) is 0.476. The molecule has 0 amide bonds. The van der Waals surface area contributed by atoms with Crippen LogP contribution >= 0.6 is 0 Å². The zero-order valence-electron chi connectivity index (χ0n) is 4.76. The van der Waals surface area contributed by atoms with Crippen molar-refractivity contribution in [2.75, 3.05) is 0 Å². The van der Waals surface area contributed by atoms with E-state index in [0.717, 1.165) is 0 Å². The fourth-order valence-electron chi connectivity index (χ4n) is 0.545. The molecule has 0 aromatic heterocycles. The van der Waals surface area contributed by atoms with E-state index < -0.39 is 0 Å². The first kappa shape index (κ1) is 5.64. The van der Waals surface area contributed by atoms with E-state index in [0.29, 0.717) is 11.3 Å². The second-order valence-electron chi connectivity index (χ2n) is 1.69. The van der Waals surface area contributed by atoms with E-state index in [9.17, 15) is 0 Å². The van der Waals surface area contributed by atoms with Crippen molar-refractivity contribution in [2.45, 2.75) is 0 Å². The molecule has 42 valence electrons. The van der Waals surface area contributed by atoms with E-state index in [-0.39, 0.29) is 0 Å². The molecule has 1 N–H and O–H groups in total. The van der Waals surface area contributed by atoms with E-state index in [2.05, 4.69) is 0 Å². The molecule has 0 aliphatic heterocycles. The maximum absolute atomic E-state index is 8.32. The fraction of sp³-hybridized carbons (Fsp3) is 0. The summed E-state index contributed by atoms with van der Waals surface area (Å²) >= 11 is 0. The molecule has 0 unspecified atom stereocenters. The summed E-state index contributed by atoms with van der Waals surface area (Å²) in [6.45, 7) is 0. The third kappa shape index (κ3) is 1.20. The molecule has 0 spiro atoms. The van der Waals surface area contributed by atoms with Crippen molar-refractivity contribution >= 4 is 5.71 Å². The second-order valence-corrected chi connectivity index (χ2v) is 1.69. The van der Waals surface area contributed by atoms with Gasteiger partial charge in [0, 0.05) is 0 Å². The van der Waals surface area contributed by atoms with Gasteiger partial charge in [-0.05, 0) is 0 Å². The highest BCUT2D eigenvalue weighted by molar-refractivity contribution is 6.02.